The van der Waals surface area contributed by atoms with Gasteiger partial charge in [0.25, 0.3) is 5.91 Å². The van der Waals surface area contributed by atoms with Gasteiger partial charge in [0.05, 0.1) is 0 Å². The molecule has 0 aliphatic heterocycles. The van der Waals surface area contributed by atoms with Crippen LogP contribution in [0.2, 0.25) is 0 Å². The SMILES string of the molecule is CC(CCC(=O)O)NC(=O)c1ccc(SC(F)(F)F)cc1. The quantitative estimate of drug-likeness (QED) is 0.789. The van der Waals surface area contributed by atoms with Crippen LogP contribution in [-0.4, -0.2) is 28.5 Å². The Morgan fingerprint density at radius 1 is 1.29 bits per heavy atom. The molecule has 1 aromatic rings. The number of benzene rings is 1. The zero-order chi connectivity index (χ0) is 16.0. The van der Waals surface area contributed by atoms with Crippen molar-refractivity contribution >= 4 is 23.6 Å². The van der Waals surface area contributed by atoms with E-state index in [2.05, 4.69) is 5.32 Å². The van der Waals surface area contributed by atoms with E-state index in [9.17, 15) is 22.8 Å². The number of carboxylic acids is 1. The van der Waals surface area contributed by atoms with Crippen LogP contribution >= 0.6 is 11.8 Å². The van der Waals surface area contributed by atoms with E-state index in [1.165, 1.54) is 24.3 Å². The van der Waals surface area contributed by atoms with Gasteiger partial charge in [-0.05, 0) is 49.4 Å². The molecular formula is C13H14F3NO3S. The first-order valence-corrected chi connectivity index (χ1v) is 6.87. The molecule has 0 bridgehead atoms. The van der Waals surface area contributed by atoms with E-state index in [1.54, 1.807) is 6.92 Å². The molecule has 0 heterocycles. The third kappa shape index (κ3) is 7.03. The van der Waals surface area contributed by atoms with Gasteiger partial charge in [-0.1, -0.05) is 0 Å². The number of amides is 1. The Kier molecular flexibility index (Phi) is 6.07. The van der Waals surface area contributed by atoms with Crippen molar-refractivity contribution in [1.82, 2.24) is 5.32 Å². The van der Waals surface area contributed by atoms with E-state index in [0.29, 0.717) is 0 Å². The summed E-state index contributed by atoms with van der Waals surface area (Å²) in [6.07, 6.45) is 0.214. The van der Waals surface area contributed by atoms with Gasteiger partial charge in [0.15, 0.2) is 0 Å². The highest BCUT2D eigenvalue weighted by Gasteiger charge is 2.29. The average Bonchev–Trinajstić information content (AvgIpc) is 2.35. The van der Waals surface area contributed by atoms with Gasteiger partial charge in [-0.3, -0.25) is 9.59 Å². The van der Waals surface area contributed by atoms with E-state index in [4.69, 9.17) is 5.11 Å². The molecule has 116 valence electrons. The van der Waals surface area contributed by atoms with E-state index in [-0.39, 0.29) is 41.1 Å². The van der Waals surface area contributed by atoms with Crippen molar-refractivity contribution in [1.29, 1.82) is 0 Å². The summed E-state index contributed by atoms with van der Waals surface area (Å²) in [6.45, 7) is 1.66. The Morgan fingerprint density at radius 2 is 1.86 bits per heavy atom. The Bertz CT molecular complexity index is 502. The summed E-state index contributed by atoms with van der Waals surface area (Å²) in [5.74, 6) is -1.40. The minimum Gasteiger partial charge on any atom is -0.481 e. The molecule has 1 atom stereocenters. The molecule has 21 heavy (non-hydrogen) atoms. The van der Waals surface area contributed by atoms with Gasteiger partial charge in [-0.2, -0.15) is 13.2 Å². The maximum Gasteiger partial charge on any atom is 0.446 e. The van der Waals surface area contributed by atoms with Crippen LogP contribution in [0.1, 0.15) is 30.1 Å². The molecule has 1 rings (SSSR count). The first-order chi connectivity index (χ1) is 9.67. The predicted molar refractivity (Wildman–Crippen MR) is 72.2 cm³/mol. The molecule has 0 aromatic heterocycles. The van der Waals surface area contributed by atoms with Crippen LogP contribution in [-0.2, 0) is 4.79 Å². The zero-order valence-corrected chi connectivity index (χ0v) is 11.9. The Balaban J connectivity index is 2.57. The molecule has 8 heteroatoms. The predicted octanol–water partition coefficient (Wildman–Crippen LogP) is 3.28. The second kappa shape index (κ2) is 7.35. The standard InChI is InChI=1S/C13H14F3NO3S/c1-8(2-7-11(18)19)17-12(20)9-3-5-10(6-4-9)21-13(14,15)16/h3-6,8H,2,7H2,1H3,(H,17,20)(H,18,19). The summed E-state index contributed by atoms with van der Waals surface area (Å²) in [4.78, 5) is 22.2. The first-order valence-electron chi connectivity index (χ1n) is 6.06. The van der Waals surface area contributed by atoms with Gasteiger partial charge in [0.2, 0.25) is 0 Å². The highest BCUT2D eigenvalue weighted by molar-refractivity contribution is 8.00. The van der Waals surface area contributed by atoms with Crippen LogP contribution in [0.5, 0.6) is 0 Å². The van der Waals surface area contributed by atoms with Crippen molar-refractivity contribution in [3.8, 4) is 0 Å². The third-order valence-electron chi connectivity index (χ3n) is 2.52. The fourth-order valence-electron chi connectivity index (χ4n) is 1.53. The molecule has 0 saturated heterocycles. The van der Waals surface area contributed by atoms with Crippen molar-refractivity contribution in [2.75, 3.05) is 0 Å². The van der Waals surface area contributed by atoms with Crippen LogP contribution in [0.3, 0.4) is 0 Å². The highest BCUT2D eigenvalue weighted by Crippen LogP contribution is 2.36. The fraction of sp³-hybridized carbons (Fsp3) is 0.385. The number of rotatable bonds is 6. The monoisotopic (exact) mass is 321 g/mol. The maximum absolute atomic E-state index is 12.2. The highest BCUT2D eigenvalue weighted by atomic mass is 32.2. The largest absolute Gasteiger partial charge is 0.481 e. The number of alkyl halides is 3. The maximum atomic E-state index is 12.2. The van der Waals surface area contributed by atoms with Gasteiger partial charge in [-0.25, -0.2) is 0 Å². The van der Waals surface area contributed by atoms with Crippen LogP contribution < -0.4 is 5.32 Å². The number of hydrogen-bond donors (Lipinski definition) is 2. The van der Waals surface area contributed by atoms with Gasteiger partial charge < -0.3 is 10.4 Å². The lowest BCUT2D eigenvalue weighted by atomic mass is 10.1. The molecule has 0 saturated carbocycles. The number of aliphatic carboxylic acids is 1. The van der Waals surface area contributed by atoms with Gasteiger partial charge >= 0.3 is 11.5 Å². The van der Waals surface area contributed by atoms with Crippen molar-refractivity contribution in [2.45, 2.75) is 36.2 Å². The van der Waals surface area contributed by atoms with Gasteiger partial charge in [0, 0.05) is 22.9 Å². The summed E-state index contributed by atoms with van der Waals surface area (Å²) < 4.78 is 36.5. The minimum absolute atomic E-state index is 0.00187. The Morgan fingerprint density at radius 3 is 2.33 bits per heavy atom. The molecule has 0 aliphatic carbocycles. The summed E-state index contributed by atoms with van der Waals surface area (Å²) in [5, 5.41) is 11.1. The summed E-state index contributed by atoms with van der Waals surface area (Å²) in [6, 6.07) is 4.70. The topological polar surface area (TPSA) is 66.4 Å². The van der Waals surface area contributed by atoms with Crippen LogP contribution in [0.4, 0.5) is 13.2 Å². The molecule has 0 aliphatic rings. The fourth-order valence-corrected chi connectivity index (χ4v) is 2.07. The first kappa shape index (κ1) is 17.4. The number of hydrogen-bond acceptors (Lipinski definition) is 3. The minimum atomic E-state index is -4.37. The molecular weight excluding hydrogens is 307 g/mol. The smallest absolute Gasteiger partial charge is 0.446 e. The molecule has 1 amide bonds. The van der Waals surface area contributed by atoms with E-state index >= 15 is 0 Å². The van der Waals surface area contributed by atoms with Crippen molar-refractivity contribution in [3.05, 3.63) is 29.8 Å². The van der Waals surface area contributed by atoms with Crippen molar-refractivity contribution in [2.24, 2.45) is 0 Å². The molecule has 4 nitrogen and oxygen atoms in total. The lowest BCUT2D eigenvalue weighted by molar-refractivity contribution is -0.137. The Hall–Kier alpha value is -1.70. The van der Waals surface area contributed by atoms with E-state index in [1.807, 2.05) is 0 Å². The average molecular weight is 321 g/mol. The number of carbonyl (C=O) groups excluding carboxylic acids is 1. The number of thioether (sulfide) groups is 1. The summed E-state index contributed by atoms with van der Waals surface area (Å²) >= 11 is -0.251. The normalized spacial score (nSPS) is 12.8. The lowest BCUT2D eigenvalue weighted by Crippen LogP contribution is -2.32. The number of carbonyl (C=O) groups is 2. The van der Waals surface area contributed by atoms with Crippen LogP contribution in [0.25, 0.3) is 0 Å². The molecule has 2 N–H and O–H groups in total. The second-order valence-electron chi connectivity index (χ2n) is 4.38. The number of carboxylic acid groups (broad SMARTS) is 1. The van der Waals surface area contributed by atoms with E-state index in [0.717, 1.165) is 0 Å². The van der Waals surface area contributed by atoms with E-state index < -0.39 is 17.4 Å². The lowest BCUT2D eigenvalue weighted by Gasteiger charge is -2.13. The van der Waals surface area contributed by atoms with Crippen LogP contribution in [0, 0.1) is 0 Å². The summed E-state index contributed by atoms with van der Waals surface area (Å²) in [7, 11) is 0. The summed E-state index contributed by atoms with van der Waals surface area (Å²) in [5.41, 5.74) is -4.14. The van der Waals surface area contributed by atoms with Crippen molar-refractivity contribution in [3.63, 3.8) is 0 Å². The van der Waals surface area contributed by atoms with Gasteiger partial charge in [-0.15, -0.1) is 0 Å². The Labute approximate surface area is 123 Å². The van der Waals surface area contributed by atoms with Crippen molar-refractivity contribution < 1.29 is 27.9 Å². The van der Waals surface area contributed by atoms with Gasteiger partial charge in [0.1, 0.15) is 0 Å². The second-order valence-corrected chi connectivity index (χ2v) is 5.52. The number of nitrogens with one attached hydrogen (secondary N) is 1. The molecule has 0 radical (unpaired) electrons. The van der Waals surface area contributed by atoms with Crippen LogP contribution in [0.15, 0.2) is 29.2 Å². The molecule has 0 fully saturated rings. The molecule has 0 spiro atoms. The molecule has 1 aromatic carbocycles. The number of halogens is 3. The third-order valence-corrected chi connectivity index (χ3v) is 3.26. The zero-order valence-electron chi connectivity index (χ0n) is 11.1. The molecule has 1 unspecified atom stereocenters.